The molecule has 0 amide bonds. The number of hydrogen-bond donors (Lipinski definition) is 1. The largest absolute Gasteiger partial charge is 0.370 e. The smallest absolute Gasteiger partial charge is 0.137 e. The molecule has 0 bridgehead atoms. The van der Waals surface area contributed by atoms with Crippen LogP contribution in [-0.4, -0.2) is 29.1 Å². The fourth-order valence-corrected chi connectivity index (χ4v) is 2.39. The lowest BCUT2D eigenvalue weighted by Crippen LogP contribution is -2.36. The maximum Gasteiger partial charge on any atom is 0.137 e. The van der Waals surface area contributed by atoms with E-state index >= 15 is 0 Å². The molecular weight excluding hydrogens is 248 g/mol. The second-order valence-electron chi connectivity index (χ2n) is 6.28. The molecule has 1 N–H and O–H groups in total. The third kappa shape index (κ3) is 4.09. The Kier molecular flexibility index (Phi) is 6.24. The van der Waals surface area contributed by atoms with Gasteiger partial charge in [0.05, 0.1) is 0 Å². The van der Waals surface area contributed by atoms with Gasteiger partial charge in [0, 0.05) is 24.7 Å². The summed E-state index contributed by atoms with van der Waals surface area (Å²) in [6.45, 7) is 17.3. The van der Waals surface area contributed by atoms with Crippen LogP contribution in [0.4, 0.5) is 11.6 Å². The molecule has 4 heteroatoms. The number of hydrogen-bond acceptors (Lipinski definition) is 4. The fraction of sp³-hybridized carbons (Fsp3) is 0.750. The van der Waals surface area contributed by atoms with Crippen molar-refractivity contribution in [1.82, 2.24) is 9.97 Å². The predicted octanol–water partition coefficient (Wildman–Crippen LogP) is 3.90. The quantitative estimate of drug-likeness (QED) is 0.821. The molecular formula is C16H30N4. The molecule has 114 valence electrons. The van der Waals surface area contributed by atoms with Gasteiger partial charge in [-0.3, -0.25) is 0 Å². The molecule has 20 heavy (non-hydrogen) atoms. The van der Waals surface area contributed by atoms with Gasteiger partial charge in [-0.25, -0.2) is 9.97 Å². The van der Waals surface area contributed by atoms with Crippen molar-refractivity contribution in [3.63, 3.8) is 0 Å². The van der Waals surface area contributed by atoms with Crippen molar-refractivity contribution in [2.45, 2.75) is 60.4 Å². The first-order chi connectivity index (χ1) is 9.38. The van der Waals surface area contributed by atoms with Gasteiger partial charge in [-0.05, 0) is 32.6 Å². The molecule has 0 aliphatic carbocycles. The molecule has 0 saturated heterocycles. The first kappa shape index (κ1) is 16.7. The maximum atomic E-state index is 4.59. The van der Waals surface area contributed by atoms with Crippen LogP contribution in [0.15, 0.2) is 6.33 Å². The van der Waals surface area contributed by atoms with Crippen LogP contribution < -0.4 is 10.2 Å². The highest BCUT2D eigenvalue weighted by Gasteiger charge is 2.22. The summed E-state index contributed by atoms with van der Waals surface area (Å²) in [5.41, 5.74) is 1.23. The zero-order valence-electron chi connectivity index (χ0n) is 14.1. The second-order valence-corrected chi connectivity index (χ2v) is 6.28. The SMILES string of the molecule is CCNc1ncnc(N(CC(C)C)C(C)C)c1C(C)C. The fourth-order valence-electron chi connectivity index (χ4n) is 2.39. The Morgan fingerprint density at radius 1 is 1.10 bits per heavy atom. The van der Waals surface area contributed by atoms with Crippen LogP contribution in [0.5, 0.6) is 0 Å². The van der Waals surface area contributed by atoms with Gasteiger partial charge in [-0.1, -0.05) is 27.7 Å². The highest BCUT2D eigenvalue weighted by molar-refractivity contribution is 5.60. The van der Waals surface area contributed by atoms with E-state index in [9.17, 15) is 0 Å². The van der Waals surface area contributed by atoms with Crippen LogP contribution in [-0.2, 0) is 0 Å². The number of aromatic nitrogens is 2. The lowest BCUT2D eigenvalue weighted by molar-refractivity contribution is 0.562. The third-order valence-corrected chi connectivity index (χ3v) is 3.24. The maximum absolute atomic E-state index is 4.59. The molecule has 1 rings (SSSR count). The third-order valence-electron chi connectivity index (χ3n) is 3.24. The minimum atomic E-state index is 0.397. The normalized spacial score (nSPS) is 11.5. The molecule has 0 aliphatic rings. The Bertz CT molecular complexity index is 413. The summed E-state index contributed by atoms with van der Waals surface area (Å²) >= 11 is 0. The van der Waals surface area contributed by atoms with Crippen LogP contribution in [0, 0.1) is 5.92 Å². The minimum Gasteiger partial charge on any atom is -0.370 e. The van der Waals surface area contributed by atoms with E-state index in [1.165, 1.54) is 5.56 Å². The molecule has 0 unspecified atom stereocenters. The van der Waals surface area contributed by atoms with Crippen LogP contribution in [0.2, 0.25) is 0 Å². The van der Waals surface area contributed by atoms with Gasteiger partial charge >= 0.3 is 0 Å². The van der Waals surface area contributed by atoms with Gasteiger partial charge in [0.2, 0.25) is 0 Å². The van der Waals surface area contributed by atoms with Crippen LogP contribution >= 0.6 is 0 Å². The predicted molar refractivity (Wildman–Crippen MR) is 87.6 cm³/mol. The summed E-state index contributed by atoms with van der Waals surface area (Å²) in [5, 5.41) is 3.37. The lowest BCUT2D eigenvalue weighted by Gasteiger charge is -2.32. The van der Waals surface area contributed by atoms with E-state index in [2.05, 4.69) is 68.7 Å². The van der Waals surface area contributed by atoms with Crippen molar-refractivity contribution in [3.05, 3.63) is 11.9 Å². The number of nitrogens with one attached hydrogen (secondary N) is 1. The minimum absolute atomic E-state index is 0.397. The van der Waals surface area contributed by atoms with Crippen LogP contribution in [0.1, 0.15) is 59.9 Å². The van der Waals surface area contributed by atoms with Gasteiger partial charge in [0.25, 0.3) is 0 Å². The van der Waals surface area contributed by atoms with Crippen molar-refractivity contribution in [1.29, 1.82) is 0 Å². The summed E-state index contributed by atoms with van der Waals surface area (Å²) in [6.07, 6.45) is 1.68. The Balaban J connectivity index is 3.29. The summed E-state index contributed by atoms with van der Waals surface area (Å²) in [5.74, 6) is 3.06. The lowest BCUT2D eigenvalue weighted by atomic mass is 10.0. The number of rotatable bonds is 7. The van der Waals surface area contributed by atoms with Gasteiger partial charge < -0.3 is 10.2 Å². The zero-order chi connectivity index (χ0) is 15.3. The molecule has 1 aromatic rings. The first-order valence-corrected chi connectivity index (χ1v) is 7.73. The van der Waals surface area contributed by atoms with E-state index in [-0.39, 0.29) is 0 Å². The van der Waals surface area contributed by atoms with Crippen molar-refractivity contribution in [3.8, 4) is 0 Å². The summed E-state index contributed by atoms with van der Waals surface area (Å²) < 4.78 is 0. The Morgan fingerprint density at radius 2 is 1.75 bits per heavy atom. The molecule has 0 atom stereocenters. The molecule has 0 radical (unpaired) electrons. The van der Waals surface area contributed by atoms with E-state index in [1.54, 1.807) is 6.33 Å². The van der Waals surface area contributed by atoms with E-state index in [0.717, 1.165) is 24.7 Å². The average molecular weight is 278 g/mol. The number of anilines is 2. The van der Waals surface area contributed by atoms with Crippen molar-refractivity contribution < 1.29 is 0 Å². The van der Waals surface area contributed by atoms with Crippen LogP contribution in [0.3, 0.4) is 0 Å². The van der Waals surface area contributed by atoms with E-state index < -0.39 is 0 Å². The van der Waals surface area contributed by atoms with E-state index in [4.69, 9.17) is 0 Å². The summed E-state index contributed by atoms with van der Waals surface area (Å²) in [6, 6.07) is 0.430. The molecule has 1 aromatic heterocycles. The zero-order valence-corrected chi connectivity index (χ0v) is 14.1. The van der Waals surface area contributed by atoms with Crippen molar-refractivity contribution >= 4 is 11.6 Å². The topological polar surface area (TPSA) is 41.1 Å². The van der Waals surface area contributed by atoms with Gasteiger partial charge in [0.1, 0.15) is 18.0 Å². The molecule has 0 aromatic carbocycles. The Hall–Kier alpha value is -1.32. The Morgan fingerprint density at radius 3 is 2.20 bits per heavy atom. The monoisotopic (exact) mass is 278 g/mol. The van der Waals surface area contributed by atoms with Gasteiger partial charge in [-0.2, -0.15) is 0 Å². The first-order valence-electron chi connectivity index (χ1n) is 7.73. The number of nitrogens with zero attached hydrogens (tertiary/aromatic N) is 3. The van der Waals surface area contributed by atoms with E-state index in [1.807, 2.05) is 0 Å². The highest BCUT2D eigenvalue weighted by atomic mass is 15.2. The molecule has 1 heterocycles. The molecule has 4 nitrogen and oxygen atoms in total. The summed E-state index contributed by atoms with van der Waals surface area (Å²) in [4.78, 5) is 11.4. The van der Waals surface area contributed by atoms with Crippen molar-refractivity contribution in [2.75, 3.05) is 23.3 Å². The molecule has 0 saturated carbocycles. The Labute approximate surface area is 124 Å². The molecule has 0 fully saturated rings. The summed E-state index contributed by atoms with van der Waals surface area (Å²) in [7, 11) is 0. The van der Waals surface area contributed by atoms with Crippen molar-refractivity contribution in [2.24, 2.45) is 5.92 Å². The van der Waals surface area contributed by atoms with Gasteiger partial charge in [-0.15, -0.1) is 0 Å². The van der Waals surface area contributed by atoms with E-state index in [0.29, 0.717) is 17.9 Å². The van der Waals surface area contributed by atoms with Gasteiger partial charge in [0.15, 0.2) is 0 Å². The molecule has 0 spiro atoms. The second kappa shape index (κ2) is 7.46. The highest BCUT2D eigenvalue weighted by Crippen LogP contribution is 2.32. The molecule has 0 aliphatic heterocycles. The standard InChI is InChI=1S/C16H30N4/c1-8-17-15-14(12(4)5)16(19-10-18-15)20(13(6)7)9-11(2)3/h10-13H,8-9H2,1-7H3,(H,17,18,19). The van der Waals surface area contributed by atoms with Crippen LogP contribution in [0.25, 0.3) is 0 Å². The average Bonchev–Trinajstić information content (AvgIpc) is 2.35.